The van der Waals surface area contributed by atoms with E-state index in [0.29, 0.717) is 16.9 Å². The van der Waals surface area contributed by atoms with E-state index < -0.39 is 6.09 Å². The minimum atomic E-state index is -0.586. The van der Waals surface area contributed by atoms with Crippen molar-refractivity contribution in [1.29, 1.82) is 0 Å². The number of aromatic amines is 1. The summed E-state index contributed by atoms with van der Waals surface area (Å²) in [6.45, 7) is 0.227. The van der Waals surface area contributed by atoms with Crippen molar-refractivity contribution < 1.29 is 9.53 Å². The van der Waals surface area contributed by atoms with Crippen molar-refractivity contribution in [1.82, 2.24) is 20.3 Å². The Morgan fingerprint density at radius 3 is 2.83 bits per heavy atom. The Hall–Kier alpha value is -3.22. The van der Waals surface area contributed by atoms with Crippen LogP contribution in [0.15, 0.2) is 53.5 Å². The van der Waals surface area contributed by atoms with Crippen LogP contribution in [0.2, 0.25) is 0 Å². The predicted octanol–water partition coefficient (Wildman–Crippen LogP) is 1.74. The van der Waals surface area contributed by atoms with Gasteiger partial charge in [-0.05, 0) is 17.7 Å². The van der Waals surface area contributed by atoms with E-state index in [1.807, 2.05) is 30.3 Å². The van der Waals surface area contributed by atoms with Crippen molar-refractivity contribution in [2.24, 2.45) is 0 Å². The number of hydrogen-bond acceptors (Lipinski definition) is 5. The molecule has 0 spiro atoms. The van der Waals surface area contributed by atoms with Crippen LogP contribution in [-0.2, 0) is 17.9 Å². The van der Waals surface area contributed by atoms with Crippen molar-refractivity contribution >= 4 is 17.1 Å². The summed E-state index contributed by atoms with van der Waals surface area (Å²) < 4.78 is 5.08. The van der Waals surface area contributed by atoms with Gasteiger partial charge in [0.15, 0.2) is 5.65 Å². The van der Waals surface area contributed by atoms with Crippen molar-refractivity contribution in [3.8, 4) is 0 Å². The molecule has 0 radical (unpaired) electrons. The highest BCUT2D eigenvalue weighted by Crippen LogP contribution is 2.03. The maximum atomic E-state index is 11.9. The zero-order chi connectivity index (χ0) is 16.1. The maximum Gasteiger partial charge on any atom is 0.407 e. The van der Waals surface area contributed by atoms with Crippen LogP contribution in [0.25, 0.3) is 11.0 Å². The standard InChI is InChI=1S/C16H14N4O3/c21-15-12-7-4-8-17-14(12)19-13(20-15)9-18-16(22)23-10-11-5-2-1-3-6-11/h1-8H,9-10H2,(H,18,22)(H,17,19,20,21). The molecule has 2 heterocycles. The fraction of sp³-hybridized carbons (Fsp3) is 0.125. The minimum absolute atomic E-state index is 0.0510. The van der Waals surface area contributed by atoms with E-state index in [0.717, 1.165) is 5.56 Å². The molecule has 0 bridgehead atoms. The lowest BCUT2D eigenvalue weighted by molar-refractivity contribution is 0.139. The number of rotatable bonds is 4. The maximum absolute atomic E-state index is 11.9. The molecule has 1 amide bonds. The number of H-pyrrole nitrogens is 1. The van der Waals surface area contributed by atoms with Gasteiger partial charge in [-0.1, -0.05) is 30.3 Å². The van der Waals surface area contributed by atoms with E-state index in [1.165, 1.54) is 0 Å². The third-order valence-corrected chi connectivity index (χ3v) is 3.14. The number of alkyl carbamates (subject to hydrolysis) is 1. The fourth-order valence-electron chi connectivity index (χ4n) is 2.03. The van der Waals surface area contributed by atoms with E-state index in [1.54, 1.807) is 18.3 Å². The first kappa shape index (κ1) is 14.7. The molecule has 0 saturated heterocycles. The van der Waals surface area contributed by atoms with Crippen LogP contribution in [0.4, 0.5) is 4.79 Å². The quantitative estimate of drug-likeness (QED) is 0.765. The number of nitrogens with one attached hydrogen (secondary N) is 2. The van der Waals surface area contributed by atoms with Gasteiger partial charge in [-0.25, -0.2) is 14.8 Å². The van der Waals surface area contributed by atoms with Crippen LogP contribution in [0.1, 0.15) is 11.4 Å². The van der Waals surface area contributed by atoms with Crippen molar-refractivity contribution in [3.63, 3.8) is 0 Å². The molecule has 2 aromatic heterocycles. The molecule has 0 fully saturated rings. The summed E-state index contributed by atoms with van der Waals surface area (Å²) in [6, 6.07) is 12.7. The molecule has 0 saturated carbocycles. The molecular formula is C16H14N4O3. The Balaban J connectivity index is 1.60. The van der Waals surface area contributed by atoms with Gasteiger partial charge in [0.25, 0.3) is 5.56 Å². The van der Waals surface area contributed by atoms with Gasteiger partial charge in [0.2, 0.25) is 0 Å². The molecule has 2 N–H and O–H groups in total. The van der Waals surface area contributed by atoms with Crippen LogP contribution in [-0.4, -0.2) is 21.0 Å². The van der Waals surface area contributed by atoms with Crippen LogP contribution >= 0.6 is 0 Å². The van der Waals surface area contributed by atoms with Gasteiger partial charge in [0, 0.05) is 6.20 Å². The number of fused-ring (bicyclic) bond motifs is 1. The second-order valence-corrected chi connectivity index (χ2v) is 4.80. The van der Waals surface area contributed by atoms with E-state index in [-0.39, 0.29) is 18.7 Å². The smallest absolute Gasteiger partial charge is 0.407 e. The molecule has 0 aliphatic heterocycles. The SMILES string of the molecule is O=C(NCc1nc2ncccc2c(=O)[nH]1)OCc1ccccc1. The summed E-state index contributed by atoms with van der Waals surface area (Å²) in [4.78, 5) is 34.4. The molecule has 0 unspecified atom stereocenters. The number of ether oxygens (including phenoxy) is 1. The molecule has 7 nitrogen and oxygen atoms in total. The molecule has 0 aliphatic rings. The van der Waals surface area contributed by atoms with Gasteiger partial charge in [0.1, 0.15) is 12.4 Å². The normalized spacial score (nSPS) is 10.4. The second kappa shape index (κ2) is 6.69. The molecule has 7 heteroatoms. The third kappa shape index (κ3) is 3.70. The van der Waals surface area contributed by atoms with Gasteiger partial charge in [-0.3, -0.25) is 4.79 Å². The van der Waals surface area contributed by atoms with Crippen LogP contribution in [0, 0.1) is 0 Å². The Morgan fingerprint density at radius 1 is 1.17 bits per heavy atom. The minimum Gasteiger partial charge on any atom is -0.445 e. The summed E-state index contributed by atoms with van der Waals surface area (Å²) >= 11 is 0. The van der Waals surface area contributed by atoms with E-state index in [9.17, 15) is 9.59 Å². The number of carbonyl (C=O) groups is 1. The number of aromatic nitrogens is 3. The van der Waals surface area contributed by atoms with Crippen molar-refractivity contribution in [3.05, 3.63) is 70.4 Å². The first-order chi connectivity index (χ1) is 11.2. The van der Waals surface area contributed by atoms with Gasteiger partial charge < -0.3 is 15.0 Å². The first-order valence-corrected chi connectivity index (χ1v) is 7.01. The van der Waals surface area contributed by atoms with E-state index in [2.05, 4.69) is 20.3 Å². The number of benzene rings is 1. The van der Waals surface area contributed by atoms with Gasteiger partial charge in [0.05, 0.1) is 11.9 Å². The van der Waals surface area contributed by atoms with Gasteiger partial charge >= 0.3 is 6.09 Å². The highest BCUT2D eigenvalue weighted by atomic mass is 16.5. The summed E-state index contributed by atoms with van der Waals surface area (Å²) in [5, 5.41) is 2.95. The Morgan fingerprint density at radius 2 is 2.00 bits per heavy atom. The highest BCUT2D eigenvalue weighted by molar-refractivity contribution is 5.72. The van der Waals surface area contributed by atoms with E-state index >= 15 is 0 Å². The molecule has 0 aliphatic carbocycles. The molecule has 3 rings (SSSR count). The Kier molecular flexibility index (Phi) is 4.28. The summed E-state index contributed by atoms with van der Waals surface area (Å²) in [5.74, 6) is 0.317. The van der Waals surface area contributed by atoms with Crippen LogP contribution in [0.3, 0.4) is 0 Å². The predicted molar refractivity (Wildman–Crippen MR) is 83.6 cm³/mol. The lowest BCUT2D eigenvalue weighted by Gasteiger charge is -2.07. The van der Waals surface area contributed by atoms with Crippen LogP contribution < -0.4 is 10.9 Å². The molecule has 3 aromatic rings. The lowest BCUT2D eigenvalue weighted by atomic mass is 10.2. The zero-order valence-corrected chi connectivity index (χ0v) is 12.2. The number of pyridine rings is 1. The van der Waals surface area contributed by atoms with Crippen molar-refractivity contribution in [2.75, 3.05) is 0 Å². The van der Waals surface area contributed by atoms with E-state index in [4.69, 9.17) is 4.74 Å². The molecular weight excluding hydrogens is 296 g/mol. The fourth-order valence-corrected chi connectivity index (χ4v) is 2.03. The highest BCUT2D eigenvalue weighted by Gasteiger charge is 2.07. The second-order valence-electron chi connectivity index (χ2n) is 4.80. The largest absolute Gasteiger partial charge is 0.445 e. The average Bonchev–Trinajstić information content (AvgIpc) is 2.59. The number of carbonyl (C=O) groups excluding carboxylic acids is 1. The molecule has 0 atom stereocenters. The number of hydrogen-bond donors (Lipinski definition) is 2. The monoisotopic (exact) mass is 310 g/mol. The third-order valence-electron chi connectivity index (χ3n) is 3.14. The first-order valence-electron chi connectivity index (χ1n) is 7.01. The Bertz CT molecular complexity index is 877. The molecule has 116 valence electrons. The summed E-state index contributed by atoms with van der Waals surface area (Å²) in [7, 11) is 0. The molecule has 1 aromatic carbocycles. The summed E-state index contributed by atoms with van der Waals surface area (Å²) in [6.07, 6.45) is 0.970. The van der Waals surface area contributed by atoms with Crippen LogP contribution in [0.5, 0.6) is 0 Å². The average molecular weight is 310 g/mol. The lowest BCUT2D eigenvalue weighted by Crippen LogP contribution is -2.26. The molecule has 23 heavy (non-hydrogen) atoms. The zero-order valence-electron chi connectivity index (χ0n) is 12.2. The van der Waals surface area contributed by atoms with Crippen molar-refractivity contribution in [2.45, 2.75) is 13.2 Å². The topological polar surface area (TPSA) is 97.0 Å². The Labute approximate surface area is 131 Å². The van der Waals surface area contributed by atoms with Gasteiger partial charge in [-0.2, -0.15) is 0 Å². The number of amides is 1. The summed E-state index contributed by atoms with van der Waals surface area (Å²) in [5.41, 5.74) is 0.937. The number of nitrogens with zero attached hydrogens (tertiary/aromatic N) is 2. The van der Waals surface area contributed by atoms with Gasteiger partial charge in [-0.15, -0.1) is 0 Å².